The highest BCUT2D eigenvalue weighted by Crippen LogP contribution is 2.35. The first kappa shape index (κ1) is 65.6. The fourth-order valence-corrected chi connectivity index (χ4v) is 11.0. The first-order chi connectivity index (χ1) is 29.0. The van der Waals surface area contributed by atoms with Crippen molar-refractivity contribution in [3.63, 3.8) is 0 Å². The molecule has 0 aromatic carbocycles. The van der Waals surface area contributed by atoms with Crippen LogP contribution in [0.2, 0.25) is 0 Å². The predicted molar refractivity (Wildman–Crippen MR) is 297 cm³/mol. The van der Waals surface area contributed by atoms with Crippen LogP contribution in [-0.2, 0) is 0 Å². The molecule has 7 saturated heterocycles. The number of piperidine rings is 1. The summed E-state index contributed by atoms with van der Waals surface area (Å²) in [5, 5.41) is 0. The number of hydrogen-bond acceptors (Lipinski definition) is 10. The van der Waals surface area contributed by atoms with Crippen molar-refractivity contribution >= 4 is 0 Å². The lowest BCUT2D eigenvalue weighted by Crippen LogP contribution is -2.52. The second-order valence-corrected chi connectivity index (χ2v) is 26.0. The van der Waals surface area contributed by atoms with Gasteiger partial charge < -0.3 is 24.5 Å². The van der Waals surface area contributed by atoms with Crippen LogP contribution < -0.4 is 0 Å². The highest BCUT2D eigenvalue weighted by Gasteiger charge is 2.43. The van der Waals surface area contributed by atoms with Gasteiger partial charge in [-0.15, -0.1) is 0 Å². The molecule has 0 N–H and O–H groups in total. The van der Waals surface area contributed by atoms with E-state index in [-0.39, 0.29) is 22.3 Å². The molecule has 398 valence electrons. The maximum atomic E-state index is 2.66. The molecular formula is C56H124N10. The Morgan fingerprint density at radius 2 is 0.879 bits per heavy atom. The van der Waals surface area contributed by atoms with Crippen molar-refractivity contribution in [2.75, 3.05) is 154 Å². The Bertz CT molecular complexity index is 1250. The largest absolute Gasteiger partial charge is 0.309 e. The van der Waals surface area contributed by atoms with Gasteiger partial charge in [0.15, 0.2) is 0 Å². The van der Waals surface area contributed by atoms with Crippen LogP contribution in [0.4, 0.5) is 0 Å². The van der Waals surface area contributed by atoms with Crippen molar-refractivity contribution in [1.29, 1.82) is 0 Å². The number of fused-ring (bicyclic) bond motifs is 2. The summed E-state index contributed by atoms with van der Waals surface area (Å²) in [6.07, 6.45) is 5.58. The lowest BCUT2D eigenvalue weighted by molar-refractivity contribution is 0.0735. The van der Waals surface area contributed by atoms with Crippen LogP contribution in [-0.4, -0.2) is 243 Å². The molecule has 10 heteroatoms. The predicted octanol–water partition coefficient (Wildman–Crippen LogP) is 9.12. The minimum Gasteiger partial charge on any atom is -0.309 e. The van der Waals surface area contributed by atoms with Gasteiger partial charge in [-0.25, -0.2) is 0 Å². The second kappa shape index (κ2) is 28.6. The van der Waals surface area contributed by atoms with E-state index in [2.05, 4.69) is 195 Å². The fourth-order valence-electron chi connectivity index (χ4n) is 11.0. The molecule has 6 atom stereocenters. The minimum absolute atomic E-state index is 0. The molecule has 7 rings (SSSR count). The van der Waals surface area contributed by atoms with Gasteiger partial charge in [-0.05, 0) is 215 Å². The maximum absolute atomic E-state index is 2.66. The van der Waals surface area contributed by atoms with Gasteiger partial charge in [-0.1, -0.05) is 29.2 Å². The van der Waals surface area contributed by atoms with Crippen LogP contribution in [0.1, 0.15) is 152 Å². The van der Waals surface area contributed by atoms with Crippen molar-refractivity contribution in [2.24, 2.45) is 23.7 Å². The van der Waals surface area contributed by atoms with E-state index in [4.69, 9.17) is 0 Å². The molecule has 7 aliphatic heterocycles. The zero-order valence-electron chi connectivity index (χ0n) is 46.4. The third kappa shape index (κ3) is 21.5. The molecule has 0 saturated carbocycles. The lowest BCUT2D eigenvalue weighted by atomic mass is 9.93. The van der Waals surface area contributed by atoms with Crippen molar-refractivity contribution in [2.45, 2.75) is 192 Å². The molecule has 66 heavy (non-hydrogen) atoms. The monoisotopic (exact) mass is 937 g/mol. The van der Waals surface area contributed by atoms with Crippen LogP contribution in [0.5, 0.6) is 0 Å². The zero-order valence-corrected chi connectivity index (χ0v) is 46.4. The molecule has 7 fully saturated rings. The van der Waals surface area contributed by atoms with Gasteiger partial charge in [-0.3, -0.25) is 24.5 Å². The van der Waals surface area contributed by atoms with Gasteiger partial charge in [0.1, 0.15) is 0 Å². The van der Waals surface area contributed by atoms with Gasteiger partial charge in [0.05, 0.1) is 0 Å². The molecule has 7 aliphatic rings. The normalized spacial score (nSPS) is 29.3. The number of piperazine rings is 1. The Morgan fingerprint density at radius 1 is 0.455 bits per heavy atom. The summed E-state index contributed by atoms with van der Waals surface area (Å²) >= 11 is 0. The summed E-state index contributed by atoms with van der Waals surface area (Å²) in [5.74, 6) is 3.58. The van der Waals surface area contributed by atoms with Crippen molar-refractivity contribution < 1.29 is 0 Å². The van der Waals surface area contributed by atoms with Crippen LogP contribution >= 0.6 is 0 Å². The Kier molecular flexibility index (Phi) is 28.4. The molecule has 0 spiro atoms. The second-order valence-electron chi connectivity index (χ2n) is 26.0. The minimum atomic E-state index is 0. The number of nitrogens with zero attached hydrogens (tertiary/aromatic N) is 10. The highest BCUT2D eigenvalue weighted by atomic mass is 15.3. The Labute approximate surface area is 416 Å². The molecule has 0 bridgehead atoms. The number of hydrogen-bond donors (Lipinski definition) is 0. The smallest absolute Gasteiger partial charge is 0.0261 e. The van der Waals surface area contributed by atoms with E-state index in [1.807, 2.05) is 0 Å². The maximum Gasteiger partial charge on any atom is 0.0261 e. The third-order valence-corrected chi connectivity index (χ3v) is 16.0. The molecule has 7 heterocycles. The average molecular weight is 938 g/mol. The molecule has 6 unspecified atom stereocenters. The number of likely N-dealkylation sites (N-methyl/N-ethyl adjacent to an activating group) is 4. The Morgan fingerprint density at radius 3 is 1.30 bits per heavy atom. The summed E-state index contributed by atoms with van der Waals surface area (Å²) < 4.78 is 0. The van der Waals surface area contributed by atoms with E-state index in [1.54, 1.807) is 0 Å². The van der Waals surface area contributed by atoms with Crippen LogP contribution in [0, 0.1) is 23.7 Å². The van der Waals surface area contributed by atoms with Gasteiger partial charge >= 0.3 is 0 Å². The zero-order chi connectivity index (χ0) is 47.7. The molecule has 10 nitrogen and oxygen atoms in total. The highest BCUT2D eigenvalue weighted by molar-refractivity contribution is 4.99. The lowest BCUT2D eigenvalue weighted by Gasteiger charge is -2.41. The Hall–Kier alpha value is -0.400. The molecular weight excluding hydrogens is 813 g/mol. The van der Waals surface area contributed by atoms with E-state index in [1.165, 1.54) is 137 Å². The van der Waals surface area contributed by atoms with E-state index in [9.17, 15) is 0 Å². The average Bonchev–Trinajstić information content (AvgIpc) is 3.93. The van der Waals surface area contributed by atoms with Gasteiger partial charge in [0.25, 0.3) is 0 Å². The topological polar surface area (TPSA) is 32.4 Å². The van der Waals surface area contributed by atoms with E-state index in [0.717, 1.165) is 41.8 Å². The number of rotatable bonds is 3. The van der Waals surface area contributed by atoms with Gasteiger partial charge in [0, 0.05) is 125 Å². The third-order valence-electron chi connectivity index (χ3n) is 16.0. The van der Waals surface area contributed by atoms with Crippen LogP contribution in [0.3, 0.4) is 0 Å². The van der Waals surface area contributed by atoms with Crippen molar-refractivity contribution in [3.05, 3.63) is 0 Å². The molecule has 0 radical (unpaired) electrons. The first-order valence-electron chi connectivity index (χ1n) is 26.1. The summed E-state index contributed by atoms with van der Waals surface area (Å²) in [4.78, 5) is 25.2. The molecule has 0 aliphatic carbocycles. The summed E-state index contributed by atoms with van der Waals surface area (Å²) in [6, 6.07) is 2.41. The molecule has 0 aromatic heterocycles. The van der Waals surface area contributed by atoms with Gasteiger partial charge in [0.2, 0.25) is 0 Å². The van der Waals surface area contributed by atoms with E-state index in [0.29, 0.717) is 22.2 Å². The number of likely N-dealkylation sites (tertiary alicyclic amines) is 5. The van der Waals surface area contributed by atoms with Crippen molar-refractivity contribution in [1.82, 2.24) is 49.0 Å². The fraction of sp³-hybridized carbons (Fsp3) is 1.00. The summed E-state index contributed by atoms with van der Waals surface area (Å²) in [6.45, 7) is 56.3. The van der Waals surface area contributed by atoms with E-state index < -0.39 is 0 Å². The quantitative estimate of drug-likeness (QED) is 0.274. The Balaban J connectivity index is 0.000000794. The summed E-state index contributed by atoms with van der Waals surface area (Å²) in [5.41, 5.74) is 1.43. The van der Waals surface area contributed by atoms with Crippen molar-refractivity contribution in [3.8, 4) is 0 Å². The molecule has 0 aromatic rings. The SMILES string of the molecule is C.C.C.CC(C)N1CCCN(C)CC1.CC1CN(C(C)(C)C)CC1CN(C)C.CN1CCC2CN(C(C)(C)C)CC21.CN1CCCC2CN(C(C)(C)C)CC21.CN1CCN(C(C)(C)C)CC1. The molecule has 0 amide bonds. The first-order valence-corrected chi connectivity index (χ1v) is 26.1. The van der Waals surface area contributed by atoms with Gasteiger partial charge in [-0.2, -0.15) is 0 Å². The van der Waals surface area contributed by atoms with E-state index >= 15 is 0 Å². The van der Waals surface area contributed by atoms with Crippen LogP contribution in [0.15, 0.2) is 0 Å². The van der Waals surface area contributed by atoms with Crippen LogP contribution in [0.25, 0.3) is 0 Å². The standard InChI is InChI=1S/C12H24N2.C12H26N2.C11H22N2.2C9H20N2.3CH4/c1-12(2,3)14-8-10-6-5-7-13(4)11(10)9-14;1-10-7-14(12(2,3)4)9-11(10)8-13(5)6;1-11(2,3)13-7-9-5-6-12(4)10(9)8-13;1-9(2,3)11-7-5-10(4)6-8-11;1-9(2)11-6-4-5-10(3)7-8-11;;;/h10-11H,5-9H2,1-4H3;10-11H,7-9H2,1-6H3;9-10H,5-8H2,1-4H3;5-8H2,1-4H3;9H,4-8H2,1-3H3;3*1H4. The summed E-state index contributed by atoms with van der Waals surface area (Å²) in [7, 11) is 13.3.